The zero-order chi connectivity index (χ0) is 16.0. The lowest BCUT2D eigenvalue weighted by Crippen LogP contribution is -2.47. The van der Waals surface area contributed by atoms with E-state index in [1.165, 1.54) is 12.7 Å². The van der Waals surface area contributed by atoms with E-state index in [1.807, 2.05) is 19.9 Å². The van der Waals surface area contributed by atoms with E-state index in [9.17, 15) is 4.79 Å². The standard InChI is InChI=1S/C18H29NO2/c1-13(2)16(17(20)21-6)19-14(3)12-18(4,5)15-10-8-7-9-11-15/h7-11,13-14,16,19H,12H2,1-6H3. The Bertz CT molecular complexity index is 440. The zero-order valence-electron chi connectivity index (χ0n) is 14.1. The average Bonchev–Trinajstić information content (AvgIpc) is 2.44. The van der Waals surface area contributed by atoms with Gasteiger partial charge in [0.2, 0.25) is 0 Å². The highest BCUT2D eigenvalue weighted by atomic mass is 16.5. The van der Waals surface area contributed by atoms with E-state index in [4.69, 9.17) is 4.74 Å². The van der Waals surface area contributed by atoms with Gasteiger partial charge in [-0.25, -0.2) is 0 Å². The molecule has 0 fully saturated rings. The maximum atomic E-state index is 11.8. The molecule has 0 aliphatic heterocycles. The van der Waals surface area contributed by atoms with Crippen LogP contribution in [0.4, 0.5) is 0 Å². The smallest absolute Gasteiger partial charge is 0.323 e. The molecule has 3 heteroatoms. The Balaban J connectivity index is 2.71. The number of nitrogens with one attached hydrogen (secondary N) is 1. The number of ether oxygens (including phenoxy) is 1. The Hall–Kier alpha value is -1.35. The highest BCUT2D eigenvalue weighted by Gasteiger charge is 2.28. The lowest BCUT2D eigenvalue weighted by molar-refractivity contribution is -0.144. The molecule has 0 saturated carbocycles. The number of esters is 1. The van der Waals surface area contributed by atoms with Crippen molar-refractivity contribution in [1.82, 2.24) is 5.32 Å². The number of carbonyl (C=O) groups is 1. The van der Waals surface area contributed by atoms with E-state index in [0.717, 1.165) is 6.42 Å². The molecule has 2 atom stereocenters. The average molecular weight is 291 g/mol. The summed E-state index contributed by atoms with van der Waals surface area (Å²) in [6.07, 6.45) is 0.956. The maximum absolute atomic E-state index is 11.8. The molecule has 1 aromatic rings. The molecule has 0 bridgehead atoms. The second-order valence-electron chi connectivity index (χ2n) is 6.77. The van der Waals surface area contributed by atoms with Gasteiger partial charge in [-0.05, 0) is 30.2 Å². The number of carbonyl (C=O) groups excluding carboxylic acids is 1. The minimum atomic E-state index is -0.253. The van der Waals surface area contributed by atoms with Crippen molar-refractivity contribution < 1.29 is 9.53 Å². The summed E-state index contributed by atoms with van der Waals surface area (Å²) in [5.41, 5.74) is 1.38. The Morgan fingerprint density at radius 1 is 1.19 bits per heavy atom. The van der Waals surface area contributed by atoms with Gasteiger partial charge in [0.05, 0.1) is 7.11 Å². The number of hydrogen-bond donors (Lipinski definition) is 1. The molecule has 0 amide bonds. The summed E-state index contributed by atoms with van der Waals surface area (Å²) in [4.78, 5) is 11.8. The summed E-state index contributed by atoms with van der Waals surface area (Å²) in [6, 6.07) is 10.5. The highest BCUT2D eigenvalue weighted by molar-refractivity contribution is 5.75. The van der Waals surface area contributed by atoms with Crippen LogP contribution in [0.15, 0.2) is 30.3 Å². The van der Waals surface area contributed by atoms with Gasteiger partial charge >= 0.3 is 5.97 Å². The Morgan fingerprint density at radius 3 is 2.24 bits per heavy atom. The molecule has 0 heterocycles. The van der Waals surface area contributed by atoms with Gasteiger partial charge in [0.1, 0.15) is 6.04 Å². The largest absolute Gasteiger partial charge is 0.468 e. The van der Waals surface area contributed by atoms with Gasteiger partial charge in [-0.1, -0.05) is 58.0 Å². The first-order valence-electron chi connectivity index (χ1n) is 7.67. The number of methoxy groups -OCH3 is 1. The SMILES string of the molecule is COC(=O)C(NC(C)CC(C)(C)c1ccccc1)C(C)C. The monoisotopic (exact) mass is 291 g/mol. The van der Waals surface area contributed by atoms with E-state index in [-0.39, 0.29) is 29.4 Å². The second kappa shape index (κ2) is 7.60. The molecular formula is C18H29NO2. The first kappa shape index (κ1) is 17.7. The predicted octanol–water partition coefficient (Wildman–Crippen LogP) is 3.53. The predicted molar refractivity (Wildman–Crippen MR) is 87.3 cm³/mol. The van der Waals surface area contributed by atoms with Gasteiger partial charge < -0.3 is 10.1 Å². The van der Waals surface area contributed by atoms with Crippen molar-refractivity contribution >= 4 is 5.97 Å². The normalized spacial score (nSPS) is 14.8. The maximum Gasteiger partial charge on any atom is 0.323 e. The van der Waals surface area contributed by atoms with E-state index in [2.05, 4.69) is 50.4 Å². The molecular weight excluding hydrogens is 262 g/mol. The van der Waals surface area contributed by atoms with Crippen molar-refractivity contribution in [1.29, 1.82) is 0 Å². The summed E-state index contributed by atoms with van der Waals surface area (Å²) in [5.74, 6) is 0.0223. The van der Waals surface area contributed by atoms with Crippen molar-refractivity contribution in [3.63, 3.8) is 0 Å². The number of rotatable bonds is 7. The van der Waals surface area contributed by atoms with Crippen LogP contribution in [0.25, 0.3) is 0 Å². The van der Waals surface area contributed by atoms with Crippen LogP contribution in [-0.4, -0.2) is 25.2 Å². The summed E-state index contributed by atoms with van der Waals surface area (Å²) >= 11 is 0. The molecule has 0 spiro atoms. The topological polar surface area (TPSA) is 38.3 Å². The van der Waals surface area contributed by atoms with Gasteiger partial charge in [-0.3, -0.25) is 4.79 Å². The van der Waals surface area contributed by atoms with Crippen LogP contribution in [0.2, 0.25) is 0 Å². The first-order valence-corrected chi connectivity index (χ1v) is 7.67. The fourth-order valence-corrected chi connectivity index (χ4v) is 2.80. The molecule has 21 heavy (non-hydrogen) atoms. The van der Waals surface area contributed by atoms with Crippen molar-refractivity contribution in [2.75, 3.05) is 7.11 Å². The van der Waals surface area contributed by atoms with Gasteiger partial charge in [0.15, 0.2) is 0 Å². The van der Waals surface area contributed by atoms with Crippen LogP contribution in [0, 0.1) is 5.92 Å². The van der Waals surface area contributed by atoms with E-state index < -0.39 is 0 Å². The van der Waals surface area contributed by atoms with Gasteiger partial charge in [-0.2, -0.15) is 0 Å². The first-order chi connectivity index (χ1) is 9.77. The van der Waals surface area contributed by atoms with Crippen LogP contribution < -0.4 is 5.32 Å². The fraction of sp³-hybridized carbons (Fsp3) is 0.611. The molecule has 1 N–H and O–H groups in total. The second-order valence-corrected chi connectivity index (χ2v) is 6.77. The third-order valence-corrected chi connectivity index (χ3v) is 3.96. The number of benzene rings is 1. The summed E-state index contributed by atoms with van der Waals surface area (Å²) in [5, 5.41) is 3.42. The molecule has 118 valence electrons. The Kier molecular flexibility index (Phi) is 6.41. The molecule has 0 aliphatic rings. The minimum absolute atomic E-state index is 0.0608. The number of hydrogen-bond acceptors (Lipinski definition) is 3. The Morgan fingerprint density at radius 2 is 1.76 bits per heavy atom. The molecule has 2 unspecified atom stereocenters. The molecule has 0 saturated heterocycles. The van der Waals surface area contributed by atoms with Crippen molar-refractivity contribution in [3.8, 4) is 0 Å². The lowest BCUT2D eigenvalue weighted by Gasteiger charge is -2.32. The third kappa shape index (κ3) is 5.16. The third-order valence-electron chi connectivity index (χ3n) is 3.96. The molecule has 3 nitrogen and oxygen atoms in total. The minimum Gasteiger partial charge on any atom is -0.468 e. The van der Waals surface area contributed by atoms with Gasteiger partial charge in [0, 0.05) is 6.04 Å². The lowest BCUT2D eigenvalue weighted by atomic mass is 9.79. The molecule has 1 rings (SSSR count). The van der Waals surface area contributed by atoms with Gasteiger partial charge in [-0.15, -0.1) is 0 Å². The molecule has 0 aromatic heterocycles. The zero-order valence-corrected chi connectivity index (χ0v) is 14.1. The summed E-state index contributed by atoms with van der Waals surface area (Å²) < 4.78 is 4.89. The van der Waals surface area contributed by atoms with Crippen LogP contribution >= 0.6 is 0 Å². The van der Waals surface area contributed by atoms with E-state index >= 15 is 0 Å². The van der Waals surface area contributed by atoms with Crippen LogP contribution in [0.5, 0.6) is 0 Å². The van der Waals surface area contributed by atoms with Crippen LogP contribution in [-0.2, 0) is 14.9 Å². The van der Waals surface area contributed by atoms with Crippen LogP contribution in [0.1, 0.15) is 46.6 Å². The highest BCUT2D eigenvalue weighted by Crippen LogP contribution is 2.28. The van der Waals surface area contributed by atoms with Crippen molar-refractivity contribution in [3.05, 3.63) is 35.9 Å². The van der Waals surface area contributed by atoms with E-state index in [0.29, 0.717) is 0 Å². The summed E-state index contributed by atoms with van der Waals surface area (Å²) in [7, 11) is 1.44. The molecule has 1 aromatic carbocycles. The van der Waals surface area contributed by atoms with Crippen LogP contribution in [0.3, 0.4) is 0 Å². The van der Waals surface area contributed by atoms with E-state index in [1.54, 1.807) is 0 Å². The Labute approximate surface area is 129 Å². The van der Waals surface area contributed by atoms with Crippen molar-refractivity contribution in [2.45, 2.75) is 58.5 Å². The van der Waals surface area contributed by atoms with Gasteiger partial charge in [0.25, 0.3) is 0 Å². The fourth-order valence-electron chi connectivity index (χ4n) is 2.80. The van der Waals surface area contributed by atoms with Crippen molar-refractivity contribution in [2.24, 2.45) is 5.92 Å². The quantitative estimate of drug-likeness (QED) is 0.781. The molecule has 0 radical (unpaired) electrons. The molecule has 0 aliphatic carbocycles. The summed E-state index contributed by atoms with van der Waals surface area (Å²) in [6.45, 7) is 10.7.